The number of halogens is 1. The van der Waals surface area contributed by atoms with Gasteiger partial charge in [-0.3, -0.25) is 23.3 Å². The number of nitrogens with one attached hydrogen (secondary N) is 1. The first-order valence-electron chi connectivity index (χ1n) is 10.7. The van der Waals surface area contributed by atoms with Crippen molar-refractivity contribution < 1.29 is 4.79 Å². The Morgan fingerprint density at radius 3 is 2.24 bits per heavy atom. The third kappa shape index (κ3) is 4.22. The highest BCUT2D eigenvalue weighted by atomic mass is 35.5. The first-order valence-corrected chi connectivity index (χ1v) is 11.1. The van der Waals surface area contributed by atoms with Gasteiger partial charge in [0.15, 0.2) is 11.2 Å². The predicted molar refractivity (Wildman–Crippen MR) is 134 cm³/mol. The summed E-state index contributed by atoms with van der Waals surface area (Å²) >= 11 is 6.30. The van der Waals surface area contributed by atoms with Crippen molar-refractivity contribution in [1.29, 1.82) is 0 Å². The molecule has 0 bridgehead atoms. The van der Waals surface area contributed by atoms with Crippen molar-refractivity contribution in [2.75, 3.05) is 10.2 Å². The van der Waals surface area contributed by atoms with Crippen LogP contribution in [0.3, 0.4) is 0 Å². The molecule has 1 amide bonds. The number of hydrogen-bond donors (Lipinski definition) is 1. The van der Waals surface area contributed by atoms with Crippen molar-refractivity contribution in [3.05, 3.63) is 80.7 Å². The summed E-state index contributed by atoms with van der Waals surface area (Å²) in [5, 5.41) is 3.28. The molecule has 0 saturated heterocycles. The van der Waals surface area contributed by atoms with Crippen LogP contribution >= 0.6 is 11.6 Å². The second-order valence-corrected chi connectivity index (χ2v) is 8.58. The predicted octanol–water partition coefficient (Wildman–Crippen LogP) is 3.27. The van der Waals surface area contributed by atoms with Crippen LogP contribution in [0.2, 0.25) is 5.28 Å². The second kappa shape index (κ2) is 9.18. The van der Waals surface area contributed by atoms with Crippen molar-refractivity contribution in [2.45, 2.75) is 26.4 Å². The second-order valence-electron chi connectivity index (χ2n) is 8.24. The van der Waals surface area contributed by atoms with E-state index in [9.17, 15) is 14.4 Å². The molecule has 2 aromatic heterocycles. The van der Waals surface area contributed by atoms with Crippen LogP contribution in [-0.2, 0) is 25.4 Å². The zero-order valence-corrected chi connectivity index (χ0v) is 20.1. The van der Waals surface area contributed by atoms with E-state index in [1.165, 1.54) is 23.2 Å². The molecule has 9 nitrogen and oxygen atoms in total. The van der Waals surface area contributed by atoms with Gasteiger partial charge < -0.3 is 10.2 Å². The Bertz CT molecular complexity index is 1470. The molecule has 0 spiro atoms. The zero-order valence-electron chi connectivity index (χ0n) is 19.3. The van der Waals surface area contributed by atoms with Gasteiger partial charge in [-0.15, -0.1) is 0 Å². The Balaban J connectivity index is 1.65. The van der Waals surface area contributed by atoms with E-state index in [-0.39, 0.29) is 34.9 Å². The van der Waals surface area contributed by atoms with E-state index in [0.717, 1.165) is 15.9 Å². The van der Waals surface area contributed by atoms with Gasteiger partial charge in [-0.2, -0.15) is 4.98 Å². The Labute approximate surface area is 200 Å². The number of hydrogen-bond acceptors (Lipinski definition) is 5. The number of anilines is 3. The van der Waals surface area contributed by atoms with E-state index >= 15 is 0 Å². The molecule has 0 aliphatic rings. The lowest BCUT2D eigenvalue weighted by atomic mass is 10.2. The summed E-state index contributed by atoms with van der Waals surface area (Å²) in [7, 11) is 2.88. The maximum absolute atomic E-state index is 13.4. The van der Waals surface area contributed by atoms with Gasteiger partial charge in [0.25, 0.3) is 5.56 Å². The van der Waals surface area contributed by atoms with E-state index in [2.05, 4.69) is 10.3 Å². The third-order valence-electron chi connectivity index (χ3n) is 5.59. The van der Waals surface area contributed by atoms with Gasteiger partial charge in [-0.05, 0) is 61.8 Å². The molecular weight excluding hydrogens is 456 g/mol. The average Bonchev–Trinajstić information content (AvgIpc) is 3.14. The number of nitrogens with zero attached hydrogens (tertiary/aromatic N) is 5. The number of aromatic nitrogens is 4. The van der Waals surface area contributed by atoms with Crippen molar-refractivity contribution in [3.63, 3.8) is 0 Å². The minimum absolute atomic E-state index is 0.0345. The first-order chi connectivity index (χ1) is 16.2. The fourth-order valence-corrected chi connectivity index (χ4v) is 4.12. The third-order valence-corrected chi connectivity index (χ3v) is 5.88. The van der Waals surface area contributed by atoms with Crippen molar-refractivity contribution in [1.82, 2.24) is 18.7 Å². The molecule has 1 N–H and O–H groups in total. The molecule has 2 aromatic carbocycles. The number of carbonyl (C=O) groups is 1. The molecule has 0 atom stereocenters. The number of amides is 1. The fourth-order valence-electron chi connectivity index (χ4n) is 3.90. The molecule has 0 saturated carbocycles. The summed E-state index contributed by atoms with van der Waals surface area (Å²) in [4.78, 5) is 44.2. The van der Waals surface area contributed by atoms with Crippen molar-refractivity contribution in [3.8, 4) is 0 Å². The largest absolute Gasteiger partial charge is 0.356 e. The highest BCUT2D eigenvalue weighted by Gasteiger charge is 2.24. The Morgan fingerprint density at radius 2 is 1.62 bits per heavy atom. The monoisotopic (exact) mass is 480 g/mol. The molecule has 0 radical (unpaired) electrons. The average molecular weight is 481 g/mol. The normalized spacial score (nSPS) is 11.2. The Morgan fingerprint density at radius 1 is 1.00 bits per heavy atom. The molecule has 4 aromatic rings. The molecule has 0 aliphatic heterocycles. The number of rotatable bonds is 6. The maximum Gasteiger partial charge on any atom is 0.332 e. The van der Waals surface area contributed by atoms with E-state index < -0.39 is 11.2 Å². The summed E-state index contributed by atoms with van der Waals surface area (Å²) in [6.45, 7) is 3.61. The van der Waals surface area contributed by atoms with Gasteiger partial charge in [-0.25, -0.2) is 4.79 Å². The van der Waals surface area contributed by atoms with Gasteiger partial charge in [-0.1, -0.05) is 18.2 Å². The molecule has 0 aliphatic carbocycles. The summed E-state index contributed by atoms with van der Waals surface area (Å²) in [6.07, 6.45) is 0. The van der Waals surface area contributed by atoms with Crippen LogP contribution < -0.4 is 21.5 Å². The smallest absolute Gasteiger partial charge is 0.332 e. The molecule has 0 fully saturated rings. The van der Waals surface area contributed by atoms with Crippen molar-refractivity contribution >= 4 is 45.7 Å². The Kier molecular flexibility index (Phi) is 6.30. The summed E-state index contributed by atoms with van der Waals surface area (Å²) in [6, 6.07) is 17.2. The van der Waals surface area contributed by atoms with Gasteiger partial charge in [0.1, 0.15) is 6.54 Å². The molecule has 176 valence electrons. The van der Waals surface area contributed by atoms with E-state index in [1.807, 2.05) is 68.4 Å². The number of para-hydroxylation sites is 1. The zero-order chi connectivity index (χ0) is 24.6. The minimum Gasteiger partial charge on any atom is -0.356 e. The lowest BCUT2D eigenvalue weighted by molar-refractivity contribution is -0.119. The quantitative estimate of drug-likeness (QED) is 0.427. The van der Waals surface area contributed by atoms with Crippen LogP contribution in [0.15, 0.2) is 64.2 Å². The summed E-state index contributed by atoms with van der Waals surface area (Å²) in [5.74, 6) is -0.268. The highest BCUT2D eigenvalue weighted by Crippen LogP contribution is 2.24. The summed E-state index contributed by atoms with van der Waals surface area (Å²) < 4.78 is 3.56. The summed E-state index contributed by atoms with van der Waals surface area (Å²) in [5.41, 5.74) is 1.73. The van der Waals surface area contributed by atoms with Gasteiger partial charge >= 0.3 is 5.69 Å². The minimum atomic E-state index is -0.558. The van der Waals surface area contributed by atoms with E-state index in [4.69, 9.17) is 11.6 Å². The highest BCUT2D eigenvalue weighted by molar-refractivity contribution is 6.29. The van der Waals surface area contributed by atoms with Crippen LogP contribution in [0.5, 0.6) is 0 Å². The Hall–Kier alpha value is -3.85. The molecule has 2 heterocycles. The molecule has 0 unspecified atom stereocenters. The molecular formula is C24H25ClN6O3. The van der Waals surface area contributed by atoms with Crippen LogP contribution in [0, 0.1) is 0 Å². The topological polar surface area (TPSA) is 94.2 Å². The van der Waals surface area contributed by atoms with Crippen LogP contribution in [0.1, 0.15) is 13.8 Å². The maximum atomic E-state index is 13.4. The fraction of sp³-hybridized carbons (Fsp3) is 0.250. The lowest BCUT2D eigenvalue weighted by Gasteiger charge is -2.27. The molecule has 10 heteroatoms. The van der Waals surface area contributed by atoms with E-state index in [0.29, 0.717) is 5.69 Å². The van der Waals surface area contributed by atoms with Gasteiger partial charge in [0.05, 0.1) is 0 Å². The van der Waals surface area contributed by atoms with Crippen LogP contribution in [0.4, 0.5) is 17.1 Å². The van der Waals surface area contributed by atoms with Gasteiger partial charge in [0.2, 0.25) is 11.2 Å². The number of aryl methyl sites for hydroxylation is 1. The van der Waals surface area contributed by atoms with E-state index in [1.54, 1.807) is 4.90 Å². The SMILES string of the molecule is CC(C)N(C(=O)Cn1c(Cl)nc2c1c(=O)n(C)c(=O)n2C)c1ccc(Nc2ccccc2)cc1. The first kappa shape index (κ1) is 23.3. The van der Waals surface area contributed by atoms with Gasteiger partial charge in [0, 0.05) is 37.2 Å². The van der Waals surface area contributed by atoms with Crippen LogP contribution in [0.25, 0.3) is 11.2 Å². The number of carbonyl (C=O) groups excluding carboxylic acids is 1. The molecule has 4 rings (SSSR count). The standard InChI is InChI=1S/C24H25ClN6O3/c1-15(2)31(18-12-10-17(11-13-18)26-16-8-6-5-7-9-16)19(32)14-30-20-21(27-23(30)25)28(3)24(34)29(4)22(20)33/h5-13,15,26H,14H2,1-4H3. The van der Waals surface area contributed by atoms with Crippen molar-refractivity contribution in [2.24, 2.45) is 14.1 Å². The number of fused-ring (bicyclic) bond motifs is 1. The molecule has 34 heavy (non-hydrogen) atoms. The lowest BCUT2D eigenvalue weighted by Crippen LogP contribution is -2.40. The van der Waals surface area contributed by atoms with Crippen LogP contribution in [-0.4, -0.2) is 30.6 Å². The number of imidazole rings is 1. The number of benzene rings is 2.